The lowest BCUT2D eigenvalue weighted by Crippen LogP contribution is -2.48. The monoisotopic (exact) mass is 557 g/mol. The van der Waals surface area contributed by atoms with Crippen molar-refractivity contribution < 1.29 is 32.9 Å². The number of anilines is 1. The number of hydrogen-bond acceptors (Lipinski definition) is 9. The summed E-state index contributed by atoms with van der Waals surface area (Å²) in [5, 5.41) is 26.8. The molecular weight excluding hydrogens is 531 g/mol. The Morgan fingerprint density at radius 2 is 2.02 bits per heavy atom. The quantitative estimate of drug-likeness (QED) is 0.221. The van der Waals surface area contributed by atoms with Gasteiger partial charge in [-0.2, -0.15) is 13.2 Å². The van der Waals surface area contributed by atoms with E-state index in [1.54, 1.807) is 16.7 Å². The standard InChI is InChI=1S/C26H26F3N7O4/c1-39-18-4-2-3-16-20(18)15-6-5-14(26(27,28)29)9-17(15)35(16)8-7-31-10-19-22(37)25(38,11-40-19)36-13-34-21-23(30)32-12-33-24(21)36/h2-6,9,12-13,19,22,31,37-38H,7-8,10-11H2,1H3,(H2,30,32,33). The maximum absolute atomic E-state index is 13.5. The van der Waals surface area contributed by atoms with Crippen LogP contribution < -0.4 is 15.8 Å². The van der Waals surface area contributed by atoms with Crippen molar-refractivity contribution in [3.8, 4) is 5.75 Å². The van der Waals surface area contributed by atoms with Crippen LogP contribution in [-0.2, 0) is 23.2 Å². The topological polar surface area (TPSA) is 146 Å². The lowest BCUT2D eigenvalue weighted by molar-refractivity contribution is -0.137. The summed E-state index contributed by atoms with van der Waals surface area (Å²) >= 11 is 0. The maximum atomic E-state index is 13.5. The summed E-state index contributed by atoms with van der Waals surface area (Å²) in [6.07, 6.45) is -4.04. The van der Waals surface area contributed by atoms with Gasteiger partial charge in [-0.15, -0.1) is 0 Å². The van der Waals surface area contributed by atoms with Crippen molar-refractivity contribution in [1.29, 1.82) is 0 Å². The number of hydrogen-bond donors (Lipinski definition) is 4. The number of nitrogens with one attached hydrogen (secondary N) is 1. The van der Waals surface area contributed by atoms with Crippen LogP contribution in [0, 0.1) is 0 Å². The Morgan fingerprint density at radius 1 is 1.20 bits per heavy atom. The number of methoxy groups -OCH3 is 1. The van der Waals surface area contributed by atoms with Crippen molar-refractivity contribution in [3.63, 3.8) is 0 Å². The fraction of sp³-hybridized carbons (Fsp3) is 0.346. The first-order chi connectivity index (χ1) is 19.1. The highest BCUT2D eigenvalue weighted by molar-refractivity contribution is 6.11. The Labute approximate surface area is 225 Å². The molecule has 3 aromatic heterocycles. The molecule has 5 aromatic rings. The van der Waals surface area contributed by atoms with Crippen LogP contribution in [0.15, 0.2) is 49.1 Å². The molecule has 40 heavy (non-hydrogen) atoms. The molecule has 1 saturated heterocycles. The summed E-state index contributed by atoms with van der Waals surface area (Å²) in [4.78, 5) is 12.1. The molecule has 0 bridgehead atoms. The van der Waals surface area contributed by atoms with E-state index in [1.165, 1.54) is 30.4 Å². The molecule has 3 atom stereocenters. The molecule has 0 radical (unpaired) electrons. The summed E-state index contributed by atoms with van der Waals surface area (Å²) < 4.78 is 54.9. The summed E-state index contributed by atoms with van der Waals surface area (Å²) in [6, 6.07) is 9.07. The molecule has 210 valence electrons. The van der Waals surface area contributed by atoms with Crippen molar-refractivity contribution >= 4 is 38.8 Å². The van der Waals surface area contributed by atoms with Crippen molar-refractivity contribution in [2.45, 2.75) is 30.7 Å². The number of nitrogen functional groups attached to an aromatic ring is 1. The third kappa shape index (κ3) is 4.11. The number of nitrogens with two attached hydrogens (primary N) is 1. The molecule has 5 N–H and O–H groups in total. The lowest BCUT2D eigenvalue weighted by Gasteiger charge is -2.28. The van der Waals surface area contributed by atoms with Crippen LogP contribution in [0.2, 0.25) is 0 Å². The Kier molecular flexibility index (Phi) is 6.29. The first kappa shape index (κ1) is 26.3. The van der Waals surface area contributed by atoms with Crippen molar-refractivity contribution in [2.24, 2.45) is 0 Å². The van der Waals surface area contributed by atoms with Gasteiger partial charge >= 0.3 is 6.18 Å². The van der Waals surface area contributed by atoms with Gasteiger partial charge in [0.15, 0.2) is 17.2 Å². The minimum Gasteiger partial charge on any atom is -0.496 e. The van der Waals surface area contributed by atoms with Crippen molar-refractivity contribution in [2.75, 3.05) is 32.5 Å². The fourth-order valence-electron chi connectivity index (χ4n) is 5.36. The molecule has 14 heteroatoms. The average Bonchev–Trinajstić information content (AvgIpc) is 3.60. The smallest absolute Gasteiger partial charge is 0.416 e. The summed E-state index contributed by atoms with van der Waals surface area (Å²) in [6.45, 7) is 0.614. The number of halogens is 3. The largest absolute Gasteiger partial charge is 0.496 e. The second-order valence-electron chi connectivity index (χ2n) is 9.66. The van der Waals surface area contributed by atoms with E-state index < -0.39 is 29.7 Å². The normalized spacial score (nSPS) is 21.6. The first-order valence-electron chi connectivity index (χ1n) is 12.5. The number of aliphatic hydroxyl groups excluding tert-OH is 1. The van der Waals surface area contributed by atoms with E-state index in [2.05, 4.69) is 20.3 Å². The lowest BCUT2D eigenvalue weighted by atomic mass is 10.1. The van der Waals surface area contributed by atoms with E-state index in [4.69, 9.17) is 15.2 Å². The second kappa shape index (κ2) is 9.59. The Morgan fingerprint density at radius 3 is 2.80 bits per heavy atom. The van der Waals surface area contributed by atoms with Gasteiger partial charge in [-0.05, 0) is 24.3 Å². The van der Waals surface area contributed by atoms with Crippen molar-refractivity contribution in [1.82, 2.24) is 29.4 Å². The van der Waals surface area contributed by atoms with E-state index in [0.717, 1.165) is 23.0 Å². The maximum Gasteiger partial charge on any atom is 0.416 e. The molecule has 11 nitrogen and oxygen atoms in total. The molecule has 6 rings (SSSR count). The number of alkyl halides is 3. The van der Waals surface area contributed by atoms with Crippen LogP contribution in [0.25, 0.3) is 33.0 Å². The molecule has 2 aromatic carbocycles. The zero-order valence-electron chi connectivity index (χ0n) is 21.3. The number of aliphatic hydroxyl groups is 2. The Balaban J connectivity index is 1.21. The number of benzene rings is 2. The Bertz CT molecular complexity index is 1720. The molecule has 0 amide bonds. The third-order valence-electron chi connectivity index (χ3n) is 7.37. The summed E-state index contributed by atoms with van der Waals surface area (Å²) in [5.74, 6) is 0.707. The highest BCUT2D eigenvalue weighted by atomic mass is 19.4. The number of ether oxygens (including phenoxy) is 2. The predicted octanol–water partition coefficient (Wildman–Crippen LogP) is 2.24. The molecule has 4 heterocycles. The van der Waals surface area contributed by atoms with E-state index in [0.29, 0.717) is 35.3 Å². The van der Waals surface area contributed by atoms with Crippen LogP contribution in [0.1, 0.15) is 5.56 Å². The number of aromatic nitrogens is 5. The van der Waals surface area contributed by atoms with Gasteiger partial charge in [0.1, 0.15) is 29.8 Å². The van der Waals surface area contributed by atoms with Gasteiger partial charge in [-0.1, -0.05) is 12.1 Å². The van der Waals surface area contributed by atoms with Crippen LogP contribution >= 0.6 is 0 Å². The molecule has 0 aliphatic carbocycles. The number of imidazole rings is 1. The minimum absolute atomic E-state index is 0.143. The highest BCUT2D eigenvalue weighted by Gasteiger charge is 2.50. The van der Waals surface area contributed by atoms with Crippen molar-refractivity contribution in [3.05, 3.63) is 54.6 Å². The molecule has 0 spiro atoms. The van der Waals surface area contributed by atoms with E-state index >= 15 is 0 Å². The third-order valence-corrected chi connectivity index (χ3v) is 7.37. The van der Waals surface area contributed by atoms with Gasteiger partial charge in [0.2, 0.25) is 0 Å². The molecule has 0 saturated carbocycles. The van der Waals surface area contributed by atoms with Gasteiger partial charge in [-0.25, -0.2) is 15.0 Å². The molecule has 1 fully saturated rings. The summed E-state index contributed by atoms with van der Waals surface area (Å²) in [5.41, 5.74) is 4.97. The van der Waals surface area contributed by atoms with Crippen LogP contribution in [0.4, 0.5) is 19.0 Å². The van der Waals surface area contributed by atoms with E-state index in [1.807, 2.05) is 6.07 Å². The molecule has 1 aliphatic rings. The van der Waals surface area contributed by atoms with Gasteiger partial charge in [0.25, 0.3) is 0 Å². The Hall–Kier alpha value is -3.98. The zero-order valence-corrected chi connectivity index (χ0v) is 21.3. The van der Waals surface area contributed by atoms with Crippen LogP contribution in [0.5, 0.6) is 5.75 Å². The number of fused-ring (bicyclic) bond motifs is 4. The highest BCUT2D eigenvalue weighted by Crippen LogP contribution is 2.39. The predicted molar refractivity (Wildman–Crippen MR) is 140 cm³/mol. The summed E-state index contributed by atoms with van der Waals surface area (Å²) in [7, 11) is 1.52. The molecular formula is C26H26F3N7O4. The first-order valence-corrected chi connectivity index (χ1v) is 12.5. The number of rotatable bonds is 7. The molecule has 1 aliphatic heterocycles. The average molecular weight is 558 g/mol. The zero-order chi connectivity index (χ0) is 28.2. The fourth-order valence-corrected chi connectivity index (χ4v) is 5.36. The van der Waals surface area contributed by atoms with Gasteiger partial charge in [0.05, 0.1) is 31.1 Å². The van der Waals surface area contributed by atoms with E-state index in [-0.39, 0.29) is 24.6 Å². The van der Waals surface area contributed by atoms with Gasteiger partial charge < -0.3 is 35.3 Å². The van der Waals surface area contributed by atoms with Crippen LogP contribution in [-0.4, -0.2) is 73.3 Å². The minimum atomic E-state index is -4.48. The van der Waals surface area contributed by atoms with Gasteiger partial charge in [0, 0.05) is 35.9 Å². The van der Waals surface area contributed by atoms with E-state index in [9.17, 15) is 23.4 Å². The SMILES string of the molecule is COc1cccc2c1c1ccc(C(F)(F)F)cc1n2CCNCC1OCC(O)(n2cnc3c(N)ncnc32)C1O. The number of nitrogens with zero attached hydrogens (tertiary/aromatic N) is 5. The van der Waals surface area contributed by atoms with Gasteiger partial charge in [-0.3, -0.25) is 4.57 Å². The van der Waals surface area contributed by atoms with Crippen LogP contribution in [0.3, 0.4) is 0 Å². The molecule has 3 unspecified atom stereocenters. The second-order valence-corrected chi connectivity index (χ2v) is 9.66.